The molecule has 3 aliphatic heterocycles. The first-order chi connectivity index (χ1) is 16.7. The highest BCUT2D eigenvalue weighted by Gasteiger charge is 2.46. The van der Waals surface area contributed by atoms with Crippen molar-refractivity contribution in [3.63, 3.8) is 0 Å². The summed E-state index contributed by atoms with van der Waals surface area (Å²) in [6, 6.07) is 13.2. The van der Waals surface area contributed by atoms with Gasteiger partial charge in [-0.3, -0.25) is 9.98 Å². The fourth-order valence-corrected chi connectivity index (χ4v) is 6.51. The normalized spacial score (nSPS) is 21.7. The van der Waals surface area contributed by atoms with Crippen LogP contribution in [-0.2, 0) is 24.8 Å². The number of nitrogens with two attached hydrogens (primary N) is 1. The summed E-state index contributed by atoms with van der Waals surface area (Å²) in [6.45, 7) is 3.44. The lowest BCUT2D eigenvalue weighted by atomic mass is 9.71. The number of amidine groups is 1. The zero-order chi connectivity index (χ0) is 22.7. The van der Waals surface area contributed by atoms with Gasteiger partial charge < -0.3 is 15.5 Å². The fourth-order valence-electron chi connectivity index (χ4n) is 6.51. The Morgan fingerprint density at radius 3 is 2.71 bits per heavy atom. The maximum Gasteiger partial charge on any atom is 0.156 e. The molecule has 2 aromatic heterocycles. The summed E-state index contributed by atoms with van der Waals surface area (Å²) in [7, 11) is 0. The Kier molecular flexibility index (Phi) is 5.33. The highest BCUT2D eigenvalue weighted by atomic mass is 15.3. The maximum absolute atomic E-state index is 6.70. The largest absolute Gasteiger partial charge is 0.355 e. The number of aromatic nitrogens is 3. The number of rotatable bonds is 1. The van der Waals surface area contributed by atoms with Crippen LogP contribution in [0.25, 0.3) is 0 Å². The van der Waals surface area contributed by atoms with Gasteiger partial charge in [-0.2, -0.15) is 0 Å². The lowest BCUT2D eigenvalue weighted by Crippen LogP contribution is -2.50. The van der Waals surface area contributed by atoms with Crippen molar-refractivity contribution >= 4 is 17.3 Å². The smallest absolute Gasteiger partial charge is 0.156 e. The van der Waals surface area contributed by atoms with E-state index in [9.17, 15) is 0 Å². The zero-order valence-corrected chi connectivity index (χ0v) is 19.3. The van der Waals surface area contributed by atoms with Gasteiger partial charge in [0.1, 0.15) is 11.5 Å². The van der Waals surface area contributed by atoms with Crippen molar-refractivity contribution in [1.29, 1.82) is 0 Å². The Labute approximate surface area is 207 Å². The molecule has 4 aliphatic rings. The van der Waals surface area contributed by atoms with Crippen LogP contribution in [0.1, 0.15) is 54.9 Å². The van der Waals surface area contributed by atoms with Gasteiger partial charge in [0.25, 0.3) is 0 Å². The summed E-state index contributed by atoms with van der Waals surface area (Å²) in [5.74, 6) is 1.90. The van der Waals surface area contributed by atoms with E-state index in [4.69, 9.17) is 20.7 Å². The van der Waals surface area contributed by atoms with Crippen molar-refractivity contribution in [2.75, 3.05) is 29.4 Å². The Hall–Kier alpha value is -3.32. The van der Waals surface area contributed by atoms with Crippen molar-refractivity contribution in [3.8, 4) is 0 Å². The van der Waals surface area contributed by atoms with Gasteiger partial charge in [-0.25, -0.2) is 9.97 Å². The van der Waals surface area contributed by atoms with E-state index in [2.05, 4.69) is 45.1 Å². The van der Waals surface area contributed by atoms with Crippen LogP contribution in [0.5, 0.6) is 0 Å². The van der Waals surface area contributed by atoms with Gasteiger partial charge in [0, 0.05) is 37.3 Å². The molecule has 1 aliphatic carbocycles. The number of anilines is 2. The highest BCUT2D eigenvalue weighted by Crippen LogP contribution is 2.46. The first-order valence-electron chi connectivity index (χ1n) is 12.4. The van der Waals surface area contributed by atoms with Crippen molar-refractivity contribution in [1.82, 2.24) is 15.0 Å². The van der Waals surface area contributed by atoms with E-state index in [-0.39, 0.29) is 18.9 Å². The maximum atomic E-state index is 6.70. The van der Waals surface area contributed by atoms with Crippen LogP contribution in [0.2, 0.25) is 0 Å². The number of hydrogen-bond donors (Lipinski definition) is 1. The molecule has 7 nitrogen and oxygen atoms in total. The first kappa shape index (κ1) is 22.2. The molecule has 0 radical (unpaired) electrons. The minimum absolute atomic E-state index is 0. The van der Waals surface area contributed by atoms with E-state index in [1.54, 1.807) is 0 Å². The number of fused-ring (bicyclic) bond motifs is 4. The van der Waals surface area contributed by atoms with E-state index in [0.717, 1.165) is 86.2 Å². The molecule has 0 saturated carbocycles. The number of pyridine rings is 1. The second-order valence-corrected chi connectivity index (χ2v) is 10.00. The molecule has 1 spiro atoms. The molecule has 2 N–H and O–H groups in total. The number of piperidine rings is 1. The summed E-state index contributed by atoms with van der Waals surface area (Å²) >= 11 is 0. The summed E-state index contributed by atoms with van der Waals surface area (Å²) in [5, 5.41) is 0. The van der Waals surface area contributed by atoms with E-state index < -0.39 is 0 Å². The fraction of sp³-hybridized carbons (Fsp3) is 0.429. The summed E-state index contributed by atoms with van der Waals surface area (Å²) < 4.78 is 0. The number of aryl methyl sites for hydroxylation is 1. The molecule has 1 fully saturated rings. The first-order valence-corrected chi connectivity index (χ1v) is 12.4. The van der Waals surface area contributed by atoms with Crippen LogP contribution in [0.3, 0.4) is 0 Å². The molecule has 1 saturated heterocycles. The van der Waals surface area contributed by atoms with Crippen LogP contribution in [0.4, 0.5) is 11.5 Å². The average Bonchev–Trinajstić information content (AvgIpc) is 3.43. The lowest BCUT2D eigenvalue weighted by Gasteiger charge is -2.43. The highest BCUT2D eigenvalue weighted by molar-refractivity contribution is 6.11. The third-order valence-corrected chi connectivity index (χ3v) is 8.31. The molecule has 3 aromatic rings. The molecular weight excluding hydrogens is 434 g/mol. The standard InChI is InChI=1S/C27H29N7.CH4/c28-23-15-18-5-1-2-6-19(18)27(23)9-13-33(14-10-27)24-17-30-25-21(32-24)16-31-26(25)34-12-4-7-20-22(34)8-3-11-29-20;/h1-3,5-6,8,11,17,23H,4,7,9-10,12-16,28H2;1H4. The number of benzene rings is 1. The minimum atomic E-state index is 0. The minimum Gasteiger partial charge on any atom is -0.355 e. The van der Waals surface area contributed by atoms with Gasteiger partial charge in [-0.15, -0.1) is 0 Å². The zero-order valence-electron chi connectivity index (χ0n) is 19.3. The van der Waals surface area contributed by atoms with Crippen LogP contribution in [0, 0.1) is 0 Å². The summed E-state index contributed by atoms with van der Waals surface area (Å²) in [5.41, 5.74) is 13.9. The second kappa shape index (κ2) is 8.41. The van der Waals surface area contributed by atoms with Gasteiger partial charge in [0.2, 0.25) is 0 Å². The van der Waals surface area contributed by atoms with Crippen molar-refractivity contribution < 1.29 is 0 Å². The van der Waals surface area contributed by atoms with E-state index in [0.29, 0.717) is 6.54 Å². The van der Waals surface area contributed by atoms with E-state index in [1.807, 2.05) is 18.5 Å². The van der Waals surface area contributed by atoms with Crippen LogP contribution in [-0.4, -0.2) is 46.5 Å². The van der Waals surface area contributed by atoms with Crippen molar-refractivity contribution in [2.24, 2.45) is 10.7 Å². The van der Waals surface area contributed by atoms with Gasteiger partial charge in [0.15, 0.2) is 5.84 Å². The molecule has 1 aromatic carbocycles. The monoisotopic (exact) mass is 467 g/mol. The molecule has 35 heavy (non-hydrogen) atoms. The quantitative estimate of drug-likeness (QED) is 0.588. The Morgan fingerprint density at radius 2 is 1.83 bits per heavy atom. The third-order valence-electron chi connectivity index (χ3n) is 8.31. The molecule has 5 heterocycles. The van der Waals surface area contributed by atoms with Crippen LogP contribution >= 0.6 is 0 Å². The van der Waals surface area contributed by atoms with Gasteiger partial charge in [-0.1, -0.05) is 31.7 Å². The number of aliphatic imine (C=N–C) groups is 1. The molecule has 7 heteroatoms. The van der Waals surface area contributed by atoms with Crippen LogP contribution in [0.15, 0.2) is 53.8 Å². The topological polar surface area (TPSA) is 83.5 Å². The molecule has 0 amide bonds. The summed E-state index contributed by atoms with van der Waals surface area (Å²) in [4.78, 5) is 24.0. The Balaban J connectivity index is 0.00000229. The van der Waals surface area contributed by atoms with Gasteiger partial charge >= 0.3 is 0 Å². The average molecular weight is 468 g/mol. The molecule has 1 unspecified atom stereocenters. The predicted octanol–water partition coefficient (Wildman–Crippen LogP) is 3.64. The predicted molar refractivity (Wildman–Crippen MR) is 140 cm³/mol. The second-order valence-electron chi connectivity index (χ2n) is 10.00. The molecule has 180 valence electrons. The molecule has 1 atom stereocenters. The van der Waals surface area contributed by atoms with E-state index in [1.165, 1.54) is 11.1 Å². The van der Waals surface area contributed by atoms with Crippen molar-refractivity contribution in [2.45, 2.75) is 57.5 Å². The Bertz CT molecular complexity index is 1290. The third kappa shape index (κ3) is 3.36. The summed E-state index contributed by atoms with van der Waals surface area (Å²) in [6.07, 6.45) is 9.01. The van der Waals surface area contributed by atoms with Crippen LogP contribution < -0.4 is 15.5 Å². The molecular formula is C28H33N7. The van der Waals surface area contributed by atoms with Gasteiger partial charge in [-0.05, 0) is 55.4 Å². The lowest BCUT2D eigenvalue weighted by molar-refractivity contribution is 0.292. The Morgan fingerprint density at radius 1 is 0.971 bits per heavy atom. The number of nitrogens with zero attached hydrogens (tertiary/aromatic N) is 6. The van der Waals surface area contributed by atoms with Gasteiger partial charge in [0.05, 0.1) is 29.8 Å². The SMILES string of the molecule is C.NC1Cc2ccccc2C12CCN(c1cnc3c(n1)CN=C3N1CCCc3ncccc31)CC2. The van der Waals surface area contributed by atoms with E-state index >= 15 is 0 Å². The number of hydrogen-bond acceptors (Lipinski definition) is 7. The van der Waals surface area contributed by atoms with Crippen molar-refractivity contribution in [3.05, 3.63) is 77.0 Å². The molecule has 7 rings (SSSR count). The molecule has 0 bridgehead atoms.